The van der Waals surface area contributed by atoms with Crippen LogP contribution in [0.5, 0.6) is 5.75 Å². The SMILES string of the molecule is COc1cccc(NC(=O)N(Cc2ccc(C(C)(C)C)cc2)C(C)c2ccccc2)c1. The number of carbonyl (C=O) groups excluding carboxylic acids is 1. The first-order chi connectivity index (χ1) is 14.8. The zero-order chi connectivity index (χ0) is 22.4. The summed E-state index contributed by atoms with van der Waals surface area (Å²) in [7, 11) is 1.62. The van der Waals surface area contributed by atoms with Crippen LogP contribution in [0.2, 0.25) is 0 Å². The van der Waals surface area contributed by atoms with Crippen molar-refractivity contribution in [2.24, 2.45) is 0 Å². The Kier molecular flexibility index (Phi) is 7.01. The van der Waals surface area contributed by atoms with Gasteiger partial charge in [-0.1, -0.05) is 81.4 Å². The molecule has 0 saturated heterocycles. The van der Waals surface area contributed by atoms with Crippen LogP contribution in [0.25, 0.3) is 0 Å². The van der Waals surface area contributed by atoms with Crippen LogP contribution in [0.1, 0.15) is 50.4 Å². The Morgan fingerprint density at radius 2 is 1.65 bits per heavy atom. The first kappa shape index (κ1) is 22.4. The Balaban J connectivity index is 1.86. The van der Waals surface area contributed by atoms with Gasteiger partial charge < -0.3 is 15.0 Å². The van der Waals surface area contributed by atoms with E-state index in [2.05, 4.69) is 69.4 Å². The summed E-state index contributed by atoms with van der Waals surface area (Å²) in [5, 5.41) is 3.03. The molecule has 3 aromatic rings. The molecule has 4 nitrogen and oxygen atoms in total. The van der Waals surface area contributed by atoms with Crippen molar-refractivity contribution in [2.45, 2.75) is 45.7 Å². The summed E-state index contributed by atoms with van der Waals surface area (Å²) in [6.07, 6.45) is 0. The van der Waals surface area contributed by atoms with E-state index < -0.39 is 0 Å². The second-order valence-electron chi connectivity index (χ2n) is 8.82. The van der Waals surface area contributed by atoms with Gasteiger partial charge in [0, 0.05) is 18.3 Å². The average molecular weight is 417 g/mol. The maximum absolute atomic E-state index is 13.3. The van der Waals surface area contributed by atoms with Crippen molar-refractivity contribution in [3.63, 3.8) is 0 Å². The van der Waals surface area contributed by atoms with E-state index in [4.69, 9.17) is 4.74 Å². The van der Waals surface area contributed by atoms with Gasteiger partial charge in [0.25, 0.3) is 0 Å². The van der Waals surface area contributed by atoms with Crippen molar-refractivity contribution < 1.29 is 9.53 Å². The first-order valence-corrected chi connectivity index (χ1v) is 10.6. The summed E-state index contributed by atoms with van der Waals surface area (Å²) in [4.78, 5) is 15.2. The summed E-state index contributed by atoms with van der Waals surface area (Å²) in [5.74, 6) is 0.707. The molecule has 0 fully saturated rings. The molecule has 0 aromatic heterocycles. The number of benzene rings is 3. The Morgan fingerprint density at radius 3 is 2.26 bits per heavy atom. The number of carbonyl (C=O) groups is 1. The predicted molar refractivity (Wildman–Crippen MR) is 128 cm³/mol. The van der Waals surface area contributed by atoms with E-state index in [9.17, 15) is 4.79 Å². The maximum Gasteiger partial charge on any atom is 0.322 e. The Hall–Kier alpha value is -3.27. The third-order valence-corrected chi connectivity index (χ3v) is 5.50. The highest BCUT2D eigenvalue weighted by Crippen LogP contribution is 2.26. The molecule has 0 radical (unpaired) electrons. The third kappa shape index (κ3) is 5.88. The standard InChI is InChI=1S/C27H32N2O2/c1-20(22-10-7-6-8-11-22)29(19-21-14-16-23(17-15-21)27(2,3)4)26(30)28-24-12-9-13-25(18-24)31-5/h6-18,20H,19H2,1-5H3,(H,28,30). The number of hydrogen-bond donors (Lipinski definition) is 1. The molecule has 0 saturated carbocycles. The summed E-state index contributed by atoms with van der Waals surface area (Å²) in [6, 6.07) is 25.8. The minimum absolute atomic E-state index is 0.0888. The Labute approximate surface area is 185 Å². The van der Waals surface area contributed by atoms with Crippen LogP contribution in [-0.4, -0.2) is 18.0 Å². The average Bonchev–Trinajstić information content (AvgIpc) is 2.77. The molecule has 0 aliphatic heterocycles. The van der Waals surface area contributed by atoms with Gasteiger partial charge in [-0.25, -0.2) is 4.79 Å². The van der Waals surface area contributed by atoms with Gasteiger partial charge in [0.15, 0.2) is 0 Å². The lowest BCUT2D eigenvalue weighted by Crippen LogP contribution is -2.36. The monoisotopic (exact) mass is 416 g/mol. The van der Waals surface area contributed by atoms with Crippen molar-refractivity contribution >= 4 is 11.7 Å². The molecule has 4 heteroatoms. The summed E-state index contributed by atoms with van der Waals surface area (Å²) < 4.78 is 5.28. The molecule has 31 heavy (non-hydrogen) atoms. The quantitative estimate of drug-likeness (QED) is 0.481. The lowest BCUT2D eigenvalue weighted by atomic mass is 9.86. The van der Waals surface area contributed by atoms with Gasteiger partial charge in [-0.2, -0.15) is 0 Å². The fourth-order valence-corrected chi connectivity index (χ4v) is 3.50. The van der Waals surface area contributed by atoms with E-state index in [0.29, 0.717) is 18.0 Å². The first-order valence-electron chi connectivity index (χ1n) is 10.6. The van der Waals surface area contributed by atoms with Crippen molar-refractivity contribution in [1.82, 2.24) is 4.90 Å². The highest BCUT2D eigenvalue weighted by molar-refractivity contribution is 5.89. The second-order valence-corrected chi connectivity index (χ2v) is 8.82. The normalized spacial score (nSPS) is 12.2. The van der Waals surface area contributed by atoms with Gasteiger partial charge >= 0.3 is 6.03 Å². The zero-order valence-corrected chi connectivity index (χ0v) is 19.1. The van der Waals surface area contributed by atoms with E-state index in [1.165, 1.54) is 5.56 Å². The van der Waals surface area contributed by atoms with Crippen molar-refractivity contribution in [3.05, 3.63) is 95.6 Å². The summed E-state index contributed by atoms with van der Waals surface area (Å²) in [6.45, 7) is 9.18. The topological polar surface area (TPSA) is 41.6 Å². The van der Waals surface area contributed by atoms with Crippen LogP contribution in [-0.2, 0) is 12.0 Å². The number of hydrogen-bond acceptors (Lipinski definition) is 2. The fraction of sp³-hybridized carbons (Fsp3) is 0.296. The van der Waals surface area contributed by atoms with E-state index in [1.54, 1.807) is 7.11 Å². The van der Waals surface area contributed by atoms with Crippen LogP contribution >= 0.6 is 0 Å². The predicted octanol–water partition coefficient (Wildman–Crippen LogP) is 6.79. The number of urea groups is 1. The van der Waals surface area contributed by atoms with Crippen molar-refractivity contribution in [2.75, 3.05) is 12.4 Å². The minimum atomic E-state index is -0.149. The highest BCUT2D eigenvalue weighted by atomic mass is 16.5. The molecular weight excluding hydrogens is 384 g/mol. The maximum atomic E-state index is 13.3. The molecule has 1 unspecified atom stereocenters. The molecule has 0 bridgehead atoms. The van der Waals surface area contributed by atoms with E-state index in [-0.39, 0.29) is 17.5 Å². The molecule has 0 heterocycles. The molecule has 3 rings (SSSR count). The third-order valence-electron chi connectivity index (χ3n) is 5.50. The Morgan fingerprint density at radius 1 is 0.968 bits per heavy atom. The molecule has 162 valence electrons. The van der Waals surface area contributed by atoms with E-state index in [1.807, 2.05) is 47.4 Å². The molecular formula is C27H32N2O2. The number of anilines is 1. The van der Waals surface area contributed by atoms with Crippen molar-refractivity contribution in [3.8, 4) is 5.75 Å². The van der Waals surface area contributed by atoms with Crippen LogP contribution in [0.15, 0.2) is 78.9 Å². The van der Waals surface area contributed by atoms with E-state index >= 15 is 0 Å². The van der Waals surface area contributed by atoms with Gasteiger partial charge in [0.1, 0.15) is 5.75 Å². The van der Waals surface area contributed by atoms with Gasteiger partial charge in [-0.05, 0) is 41.2 Å². The largest absolute Gasteiger partial charge is 0.497 e. The lowest BCUT2D eigenvalue weighted by molar-refractivity contribution is 0.189. The molecule has 1 N–H and O–H groups in total. The van der Waals surface area contributed by atoms with Gasteiger partial charge in [-0.15, -0.1) is 0 Å². The highest BCUT2D eigenvalue weighted by Gasteiger charge is 2.22. The van der Waals surface area contributed by atoms with E-state index in [0.717, 1.165) is 11.1 Å². The molecule has 0 spiro atoms. The zero-order valence-electron chi connectivity index (χ0n) is 19.1. The smallest absolute Gasteiger partial charge is 0.322 e. The second kappa shape index (κ2) is 9.69. The number of rotatable bonds is 6. The van der Waals surface area contributed by atoms with Crippen LogP contribution in [0.4, 0.5) is 10.5 Å². The molecule has 1 atom stereocenters. The molecule has 0 aliphatic carbocycles. The van der Waals surface area contributed by atoms with Crippen LogP contribution in [0.3, 0.4) is 0 Å². The van der Waals surface area contributed by atoms with Crippen LogP contribution < -0.4 is 10.1 Å². The molecule has 2 amide bonds. The van der Waals surface area contributed by atoms with Crippen LogP contribution in [0, 0.1) is 0 Å². The summed E-state index contributed by atoms with van der Waals surface area (Å²) in [5.41, 5.74) is 4.27. The number of ether oxygens (including phenoxy) is 1. The lowest BCUT2D eigenvalue weighted by Gasteiger charge is -2.30. The number of amides is 2. The summed E-state index contributed by atoms with van der Waals surface area (Å²) >= 11 is 0. The number of methoxy groups -OCH3 is 1. The van der Waals surface area contributed by atoms with Gasteiger partial charge in [-0.3, -0.25) is 0 Å². The number of nitrogens with one attached hydrogen (secondary N) is 1. The van der Waals surface area contributed by atoms with Gasteiger partial charge in [0.05, 0.1) is 13.2 Å². The minimum Gasteiger partial charge on any atom is -0.497 e. The Bertz CT molecular complexity index is 992. The molecule has 0 aliphatic rings. The van der Waals surface area contributed by atoms with Crippen molar-refractivity contribution in [1.29, 1.82) is 0 Å². The molecule has 3 aromatic carbocycles. The van der Waals surface area contributed by atoms with Gasteiger partial charge in [0.2, 0.25) is 0 Å². The fourth-order valence-electron chi connectivity index (χ4n) is 3.50. The number of nitrogens with zero attached hydrogens (tertiary/aromatic N) is 1.